The van der Waals surface area contributed by atoms with Crippen molar-refractivity contribution >= 4 is 0 Å². The molecule has 174 valence electrons. The van der Waals surface area contributed by atoms with Crippen LogP contribution in [-0.2, 0) is 0 Å². The first-order valence-electron chi connectivity index (χ1n) is 8.69. The van der Waals surface area contributed by atoms with Gasteiger partial charge in [0.15, 0.2) is 40.7 Å². The van der Waals surface area contributed by atoms with Crippen molar-refractivity contribution in [1.82, 2.24) is 5.32 Å². The summed E-state index contributed by atoms with van der Waals surface area (Å²) in [5.41, 5.74) is -2.95. The molecule has 2 aromatic rings. The minimum atomic E-state index is -4.22. The van der Waals surface area contributed by atoms with E-state index in [1.54, 1.807) is 0 Å². The molecule has 0 amide bonds. The summed E-state index contributed by atoms with van der Waals surface area (Å²) in [6.45, 7) is 3.80. The molecular formula is C19H16F11N. The van der Waals surface area contributed by atoms with Crippen LogP contribution in [0.2, 0.25) is 0 Å². The van der Waals surface area contributed by atoms with Crippen molar-refractivity contribution in [3.05, 3.63) is 58.7 Å². The van der Waals surface area contributed by atoms with E-state index < -0.39 is 64.0 Å². The summed E-state index contributed by atoms with van der Waals surface area (Å²) >= 11 is 0. The monoisotopic (exact) mass is 467 g/mol. The molecule has 2 rings (SSSR count). The molecule has 1 nitrogen and oxygen atoms in total. The summed E-state index contributed by atoms with van der Waals surface area (Å²) in [5.74, 6) is -17.5. The van der Waals surface area contributed by atoms with Gasteiger partial charge in [0, 0.05) is 12.1 Å². The molecule has 0 radical (unpaired) electrons. The first-order chi connectivity index (χ1) is 14.2. The van der Waals surface area contributed by atoms with E-state index in [1.165, 1.54) is 5.32 Å². The average molecular weight is 467 g/mol. The first kappa shape index (κ1) is 26.7. The predicted octanol–water partition coefficient (Wildman–Crippen LogP) is 7.00. The van der Waals surface area contributed by atoms with Crippen LogP contribution in [0.3, 0.4) is 0 Å². The van der Waals surface area contributed by atoms with Gasteiger partial charge in [0.05, 0.1) is 5.56 Å². The number of benzene rings is 2. The normalized spacial score (nSPS) is 12.4. The molecule has 1 atom stereocenters. The van der Waals surface area contributed by atoms with Gasteiger partial charge in [-0.05, 0) is 24.5 Å². The van der Waals surface area contributed by atoms with E-state index in [1.807, 2.05) is 13.8 Å². The zero-order chi connectivity index (χ0) is 24.1. The van der Waals surface area contributed by atoms with Gasteiger partial charge in [0.2, 0.25) is 5.82 Å². The number of halogens is 11. The van der Waals surface area contributed by atoms with Crippen LogP contribution in [0.5, 0.6) is 0 Å². The molecule has 0 heterocycles. The van der Waals surface area contributed by atoms with Crippen LogP contribution >= 0.6 is 0 Å². The van der Waals surface area contributed by atoms with Crippen LogP contribution in [0, 0.1) is 52.5 Å². The fraction of sp³-hybridized carbons (Fsp3) is 0.368. The zero-order valence-corrected chi connectivity index (χ0v) is 16.0. The highest BCUT2D eigenvalue weighted by atomic mass is 19.4. The van der Waals surface area contributed by atoms with Gasteiger partial charge in [-0.2, -0.15) is 13.2 Å². The Balaban J connectivity index is 0.000000373. The predicted molar refractivity (Wildman–Crippen MR) is 89.7 cm³/mol. The van der Waals surface area contributed by atoms with E-state index in [0.29, 0.717) is 12.1 Å². The number of rotatable bonds is 5. The topological polar surface area (TPSA) is 12.0 Å². The van der Waals surface area contributed by atoms with Crippen molar-refractivity contribution in [2.75, 3.05) is 6.54 Å². The van der Waals surface area contributed by atoms with Crippen molar-refractivity contribution in [2.45, 2.75) is 33.0 Å². The standard InChI is InChI=1S/C12H2F8.C7H14F3N/c13-4-2-1-3(6(14)7(4)15)5-8(16)10(18)12(20)11(19)9(5)17;1-3-4-6(2)5-11-7(8,9)10/h1-2H;6,11H,3-5H2,1-2H3. The van der Waals surface area contributed by atoms with Crippen LogP contribution in [0.25, 0.3) is 11.1 Å². The van der Waals surface area contributed by atoms with Crippen LogP contribution in [0.15, 0.2) is 12.1 Å². The summed E-state index contributed by atoms with van der Waals surface area (Å²) in [6.07, 6.45) is -2.45. The Morgan fingerprint density at radius 3 is 1.68 bits per heavy atom. The van der Waals surface area contributed by atoms with Crippen LogP contribution in [0.1, 0.15) is 26.7 Å². The van der Waals surface area contributed by atoms with E-state index in [-0.39, 0.29) is 12.5 Å². The minimum Gasteiger partial charge on any atom is -0.228 e. The number of alkyl halides is 3. The summed E-state index contributed by atoms with van der Waals surface area (Å²) in [4.78, 5) is 0. The Bertz CT molecular complexity index is 880. The highest BCUT2D eigenvalue weighted by Crippen LogP contribution is 2.34. The quantitative estimate of drug-likeness (QED) is 0.216. The molecule has 0 aliphatic rings. The molecule has 12 heteroatoms. The van der Waals surface area contributed by atoms with Crippen molar-refractivity contribution in [3.8, 4) is 11.1 Å². The Morgan fingerprint density at radius 2 is 1.23 bits per heavy atom. The Labute approximate surface area is 169 Å². The first-order valence-corrected chi connectivity index (χ1v) is 8.69. The molecule has 0 saturated heterocycles. The summed E-state index contributed by atoms with van der Waals surface area (Å²) in [7, 11) is 0. The molecule has 0 aliphatic carbocycles. The lowest BCUT2D eigenvalue weighted by Crippen LogP contribution is -2.34. The van der Waals surface area contributed by atoms with Gasteiger partial charge in [-0.15, -0.1) is 0 Å². The highest BCUT2D eigenvalue weighted by molar-refractivity contribution is 5.66. The number of hydrogen-bond donors (Lipinski definition) is 1. The molecule has 0 bridgehead atoms. The van der Waals surface area contributed by atoms with E-state index >= 15 is 0 Å². The fourth-order valence-electron chi connectivity index (χ4n) is 2.45. The highest BCUT2D eigenvalue weighted by Gasteiger charge is 2.29. The smallest absolute Gasteiger partial charge is 0.228 e. The molecule has 0 spiro atoms. The Hall–Kier alpha value is -2.37. The molecule has 0 saturated carbocycles. The Morgan fingerprint density at radius 1 is 0.742 bits per heavy atom. The largest absolute Gasteiger partial charge is 0.457 e. The second-order valence-corrected chi connectivity index (χ2v) is 6.44. The van der Waals surface area contributed by atoms with E-state index in [9.17, 15) is 48.3 Å². The molecule has 0 fully saturated rings. The maximum atomic E-state index is 13.4. The second kappa shape index (κ2) is 10.8. The Kier molecular flexibility index (Phi) is 9.27. The van der Waals surface area contributed by atoms with Crippen molar-refractivity contribution in [1.29, 1.82) is 0 Å². The summed E-state index contributed by atoms with van der Waals surface area (Å²) in [5, 5.41) is 1.51. The van der Waals surface area contributed by atoms with Gasteiger partial charge in [0.25, 0.3) is 0 Å². The van der Waals surface area contributed by atoms with Crippen molar-refractivity contribution in [2.24, 2.45) is 5.92 Å². The molecule has 0 aromatic heterocycles. The molecular weight excluding hydrogens is 451 g/mol. The molecule has 1 N–H and O–H groups in total. The van der Waals surface area contributed by atoms with Gasteiger partial charge in [0.1, 0.15) is 0 Å². The van der Waals surface area contributed by atoms with Gasteiger partial charge >= 0.3 is 6.30 Å². The van der Waals surface area contributed by atoms with Crippen LogP contribution in [-0.4, -0.2) is 12.8 Å². The fourth-order valence-corrected chi connectivity index (χ4v) is 2.45. The third-order valence-electron chi connectivity index (χ3n) is 3.95. The number of hydrogen-bond acceptors (Lipinski definition) is 1. The molecule has 0 aliphatic heterocycles. The zero-order valence-electron chi connectivity index (χ0n) is 16.0. The molecule has 31 heavy (non-hydrogen) atoms. The lowest BCUT2D eigenvalue weighted by atomic mass is 10.0. The number of nitrogens with one attached hydrogen (secondary N) is 1. The average Bonchev–Trinajstić information content (AvgIpc) is 2.69. The lowest BCUT2D eigenvalue weighted by molar-refractivity contribution is -0.158. The minimum absolute atomic E-state index is 0.0251. The second-order valence-electron chi connectivity index (χ2n) is 6.44. The molecule has 1 unspecified atom stereocenters. The van der Waals surface area contributed by atoms with E-state index in [0.717, 1.165) is 12.8 Å². The van der Waals surface area contributed by atoms with Crippen LogP contribution in [0.4, 0.5) is 48.3 Å². The molecule has 2 aromatic carbocycles. The van der Waals surface area contributed by atoms with Crippen LogP contribution < -0.4 is 5.32 Å². The maximum absolute atomic E-state index is 13.4. The van der Waals surface area contributed by atoms with E-state index in [2.05, 4.69) is 0 Å². The summed E-state index contributed by atoms with van der Waals surface area (Å²) in [6, 6.07) is 0.665. The van der Waals surface area contributed by atoms with Gasteiger partial charge in [-0.1, -0.05) is 20.3 Å². The third-order valence-corrected chi connectivity index (χ3v) is 3.95. The van der Waals surface area contributed by atoms with E-state index in [4.69, 9.17) is 0 Å². The van der Waals surface area contributed by atoms with Crippen molar-refractivity contribution < 1.29 is 48.3 Å². The van der Waals surface area contributed by atoms with Crippen molar-refractivity contribution in [3.63, 3.8) is 0 Å². The van der Waals surface area contributed by atoms with Gasteiger partial charge in [-0.25, -0.2) is 40.4 Å². The lowest BCUT2D eigenvalue weighted by Gasteiger charge is -2.13. The summed E-state index contributed by atoms with van der Waals surface area (Å²) < 4.78 is 139. The maximum Gasteiger partial charge on any atom is 0.457 e. The SMILES string of the molecule is CCCC(C)CNC(F)(F)F.Fc1ccc(-c2c(F)c(F)c(F)c(F)c2F)c(F)c1F. The van der Waals surface area contributed by atoms with Gasteiger partial charge < -0.3 is 0 Å². The van der Waals surface area contributed by atoms with Gasteiger partial charge in [-0.3, -0.25) is 0 Å². The third kappa shape index (κ3) is 6.81.